The largest absolute Gasteiger partial charge is 0.342 e. The third kappa shape index (κ3) is 2.84. The van der Waals surface area contributed by atoms with Gasteiger partial charge in [0.25, 0.3) is 0 Å². The van der Waals surface area contributed by atoms with Gasteiger partial charge in [0.05, 0.1) is 0 Å². The quantitative estimate of drug-likeness (QED) is 0.927. The molecular formula is C16H22N2O2S. The maximum atomic E-state index is 13.0. The van der Waals surface area contributed by atoms with Gasteiger partial charge in [-0.3, -0.25) is 9.59 Å². The lowest BCUT2D eigenvalue weighted by molar-refractivity contribution is -0.140. The van der Waals surface area contributed by atoms with E-state index < -0.39 is 5.54 Å². The summed E-state index contributed by atoms with van der Waals surface area (Å²) in [5.74, 6) is 0.409. The zero-order valence-electron chi connectivity index (χ0n) is 12.6. The molecule has 2 heterocycles. The molecule has 1 aliphatic heterocycles. The Hall–Kier alpha value is -1.36. The molecule has 1 N–H and O–H groups in total. The lowest BCUT2D eigenvalue weighted by Crippen LogP contribution is -2.58. The molecule has 1 saturated heterocycles. The zero-order valence-corrected chi connectivity index (χ0v) is 13.4. The molecule has 3 rings (SSSR count). The van der Waals surface area contributed by atoms with Gasteiger partial charge in [-0.15, -0.1) is 11.3 Å². The molecule has 0 spiro atoms. The van der Waals surface area contributed by atoms with Crippen LogP contribution in [0.4, 0.5) is 0 Å². The van der Waals surface area contributed by atoms with Crippen molar-refractivity contribution in [3.63, 3.8) is 0 Å². The molecule has 0 aromatic carbocycles. The third-order valence-electron chi connectivity index (χ3n) is 4.69. The predicted molar refractivity (Wildman–Crippen MR) is 83.1 cm³/mol. The van der Waals surface area contributed by atoms with Crippen LogP contribution in [0, 0.1) is 5.92 Å². The van der Waals surface area contributed by atoms with Crippen molar-refractivity contribution in [1.29, 1.82) is 0 Å². The highest BCUT2D eigenvalue weighted by Gasteiger charge is 2.51. The second-order valence-electron chi connectivity index (χ2n) is 6.41. The highest BCUT2D eigenvalue weighted by Crippen LogP contribution is 2.41. The summed E-state index contributed by atoms with van der Waals surface area (Å²) < 4.78 is 0. The minimum atomic E-state index is -0.697. The van der Waals surface area contributed by atoms with Gasteiger partial charge in [0.15, 0.2) is 0 Å². The molecule has 0 bridgehead atoms. The molecule has 1 aliphatic carbocycles. The summed E-state index contributed by atoms with van der Waals surface area (Å²) >= 11 is 1.72. The summed E-state index contributed by atoms with van der Waals surface area (Å²) in [5, 5.41) is 5.04. The Labute approximate surface area is 129 Å². The standard InChI is InChI=1S/C16H22N2O2S/c1-11(10-13-4-3-9-21-13)18-8-7-14(19)17-16(2,15(18)20)12-5-6-12/h3-4,9,11-12H,5-8,10H2,1-2H3,(H,17,19). The third-order valence-corrected chi connectivity index (χ3v) is 5.59. The summed E-state index contributed by atoms with van der Waals surface area (Å²) in [6.07, 6.45) is 3.34. The van der Waals surface area contributed by atoms with E-state index in [1.807, 2.05) is 17.9 Å². The van der Waals surface area contributed by atoms with E-state index in [4.69, 9.17) is 0 Å². The summed E-state index contributed by atoms with van der Waals surface area (Å²) in [6.45, 7) is 4.52. The van der Waals surface area contributed by atoms with Gasteiger partial charge in [0.2, 0.25) is 11.8 Å². The number of carbonyl (C=O) groups excluding carboxylic acids is 2. The molecule has 4 nitrogen and oxygen atoms in total. The van der Waals surface area contributed by atoms with Crippen molar-refractivity contribution in [2.45, 2.75) is 51.1 Å². The smallest absolute Gasteiger partial charge is 0.248 e. The Morgan fingerprint density at radius 2 is 2.24 bits per heavy atom. The van der Waals surface area contributed by atoms with Crippen LogP contribution in [0.15, 0.2) is 17.5 Å². The first-order valence-corrected chi connectivity index (χ1v) is 8.53. The van der Waals surface area contributed by atoms with E-state index in [9.17, 15) is 9.59 Å². The predicted octanol–water partition coefficient (Wildman–Crippen LogP) is 2.20. The molecular weight excluding hydrogens is 284 g/mol. The van der Waals surface area contributed by atoms with Crippen LogP contribution >= 0.6 is 11.3 Å². The van der Waals surface area contributed by atoms with Gasteiger partial charge >= 0.3 is 0 Å². The average molecular weight is 306 g/mol. The topological polar surface area (TPSA) is 49.4 Å². The van der Waals surface area contributed by atoms with E-state index in [2.05, 4.69) is 23.7 Å². The molecule has 1 aromatic heterocycles. The molecule has 5 heteroatoms. The van der Waals surface area contributed by atoms with Crippen LogP contribution in [0.3, 0.4) is 0 Å². The van der Waals surface area contributed by atoms with Crippen LogP contribution in [0.1, 0.15) is 38.0 Å². The molecule has 2 unspecified atom stereocenters. The molecule has 114 valence electrons. The number of hydrogen-bond donors (Lipinski definition) is 1. The van der Waals surface area contributed by atoms with Crippen LogP contribution in [0.2, 0.25) is 0 Å². The summed E-state index contributed by atoms with van der Waals surface area (Å²) in [5.41, 5.74) is -0.697. The fourth-order valence-corrected chi connectivity index (χ4v) is 4.04. The molecule has 0 radical (unpaired) electrons. The van der Waals surface area contributed by atoms with Crippen molar-refractivity contribution in [3.8, 4) is 0 Å². The van der Waals surface area contributed by atoms with Gasteiger partial charge in [-0.25, -0.2) is 0 Å². The molecule has 2 atom stereocenters. The number of rotatable bonds is 4. The number of amides is 2. The van der Waals surface area contributed by atoms with Crippen molar-refractivity contribution in [1.82, 2.24) is 10.2 Å². The van der Waals surface area contributed by atoms with Gasteiger partial charge in [-0.05, 0) is 44.1 Å². The fraction of sp³-hybridized carbons (Fsp3) is 0.625. The lowest BCUT2D eigenvalue weighted by Gasteiger charge is -2.35. The Morgan fingerprint density at radius 1 is 1.48 bits per heavy atom. The average Bonchev–Trinajstić information content (AvgIpc) is 3.19. The molecule has 21 heavy (non-hydrogen) atoms. The molecule has 2 aliphatic rings. The maximum absolute atomic E-state index is 13.0. The second kappa shape index (κ2) is 5.44. The first-order valence-electron chi connectivity index (χ1n) is 7.65. The highest BCUT2D eigenvalue weighted by atomic mass is 32.1. The van der Waals surface area contributed by atoms with E-state index in [-0.39, 0.29) is 17.9 Å². The van der Waals surface area contributed by atoms with Crippen LogP contribution < -0.4 is 5.32 Å². The number of nitrogens with one attached hydrogen (secondary N) is 1. The van der Waals surface area contributed by atoms with Gasteiger partial charge < -0.3 is 10.2 Å². The van der Waals surface area contributed by atoms with Crippen molar-refractivity contribution >= 4 is 23.2 Å². The lowest BCUT2D eigenvalue weighted by atomic mass is 9.93. The maximum Gasteiger partial charge on any atom is 0.248 e. The number of carbonyl (C=O) groups is 2. The highest BCUT2D eigenvalue weighted by molar-refractivity contribution is 7.09. The van der Waals surface area contributed by atoms with Crippen LogP contribution in [-0.2, 0) is 16.0 Å². The SMILES string of the molecule is CC(Cc1cccs1)N1CCC(=O)NC(C)(C2CC2)C1=O. The Morgan fingerprint density at radius 3 is 2.86 bits per heavy atom. The molecule has 2 fully saturated rings. The summed E-state index contributed by atoms with van der Waals surface area (Å²) in [4.78, 5) is 28.1. The first-order chi connectivity index (χ1) is 10.0. The summed E-state index contributed by atoms with van der Waals surface area (Å²) in [7, 11) is 0. The minimum absolute atomic E-state index is 0.00331. The zero-order chi connectivity index (χ0) is 15.0. The Kier molecular flexibility index (Phi) is 3.78. The van der Waals surface area contributed by atoms with E-state index >= 15 is 0 Å². The van der Waals surface area contributed by atoms with Crippen molar-refractivity contribution in [2.75, 3.05) is 6.54 Å². The fourth-order valence-electron chi connectivity index (χ4n) is 3.22. The Balaban J connectivity index is 1.79. The normalized spacial score (nSPS) is 28.2. The number of thiophene rings is 1. The summed E-state index contributed by atoms with van der Waals surface area (Å²) in [6, 6.07) is 4.27. The van der Waals surface area contributed by atoms with Crippen molar-refractivity contribution in [2.24, 2.45) is 5.92 Å². The monoisotopic (exact) mass is 306 g/mol. The van der Waals surface area contributed by atoms with E-state index in [1.54, 1.807) is 11.3 Å². The molecule has 1 saturated carbocycles. The minimum Gasteiger partial charge on any atom is -0.342 e. The Bertz CT molecular complexity index is 538. The molecule has 1 aromatic rings. The van der Waals surface area contributed by atoms with Gasteiger partial charge in [0.1, 0.15) is 5.54 Å². The van der Waals surface area contributed by atoms with E-state index in [0.29, 0.717) is 18.9 Å². The second-order valence-corrected chi connectivity index (χ2v) is 7.44. The van der Waals surface area contributed by atoms with Gasteiger partial charge in [0, 0.05) is 30.3 Å². The number of nitrogens with zero attached hydrogens (tertiary/aromatic N) is 1. The van der Waals surface area contributed by atoms with Crippen LogP contribution in [0.5, 0.6) is 0 Å². The molecule has 2 amide bonds. The van der Waals surface area contributed by atoms with Crippen molar-refractivity contribution < 1.29 is 9.59 Å². The van der Waals surface area contributed by atoms with Crippen LogP contribution in [-0.4, -0.2) is 34.8 Å². The van der Waals surface area contributed by atoms with Gasteiger partial charge in [-0.2, -0.15) is 0 Å². The van der Waals surface area contributed by atoms with E-state index in [1.165, 1.54) is 4.88 Å². The van der Waals surface area contributed by atoms with Crippen LogP contribution in [0.25, 0.3) is 0 Å². The van der Waals surface area contributed by atoms with Crippen molar-refractivity contribution in [3.05, 3.63) is 22.4 Å². The van der Waals surface area contributed by atoms with Gasteiger partial charge in [-0.1, -0.05) is 6.07 Å². The first kappa shape index (κ1) is 14.6. The van der Waals surface area contributed by atoms with E-state index in [0.717, 1.165) is 19.3 Å². The number of hydrogen-bond acceptors (Lipinski definition) is 3.